The highest BCUT2D eigenvalue weighted by Gasteiger charge is 1.97. The predicted molar refractivity (Wildman–Crippen MR) is 54.5 cm³/mol. The second kappa shape index (κ2) is 9.30. The summed E-state index contributed by atoms with van der Waals surface area (Å²) in [6, 6.07) is 0. The average Bonchev–Trinajstić information content (AvgIpc) is 2.11. The number of carbonyl (C=O) groups excluding carboxylic acids is 1. The van der Waals surface area contributed by atoms with Crippen molar-refractivity contribution < 1.29 is 9.53 Å². The Labute approximate surface area is 81.0 Å². The van der Waals surface area contributed by atoms with Crippen LogP contribution in [0, 0.1) is 0 Å². The zero-order chi connectivity index (χ0) is 9.94. The molecule has 0 unspecified atom stereocenters. The van der Waals surface area contributed by atoms with Crippen molar-refractivity contribution in [1.82, 2.24) is 0 Å². The molecule has 2 nitrogen and oxygen atoms in total. The van der Waals surface area contributed by atoms with Crippen molar-refractivity contribution in [2.45, 2.75) is 45.4 Å². The van der Waals surface area contributed by atoms with Crippen LogP contribution in [0.5, 0.6) is 0 Å². The lowest BCUT2D eigenvalue weighted by Crippen LogP contribution is -2.03. The van der Waals surface area contributed by atoms with Crippen LogP contribution in [0.4, 0.5) is 0 Å². The molecule has 0 bridgehead atoms. The summed E-state index contributed by atoms with van der Waals surface area (Å²) in [7, 11) is 0. The highest BCUT2D eigenvalue weighted by Crippen LogP contribution is 2.02. The molecule has 0 aromatic heterocycles. The first-order chi connectivity index (χ1) is 6.31. The minimum Gasteiger partial charge on any atom is -0.465 e. The Morgan fingerprint density at radius 2 is 2.00 bits per heavy atom. The monoisotopic (exact) mass is 184 g/mol. The average molecular weight is 184 g/mol. The van der Waals surface area contributed by atoms with Gasteiger partial charge in [0.05, 0.1) is 13.0 Å². The molecule has 0 saturated carbocycles. The second-order valence-electron chi connectivity index (χ2n) is 3.13. The molecule has 0 N–H and O–H groups in total. The quantitative estimate of drug-likeness (QED) is 0.329. The molecule has 0 spiro atoms. The van der Waals surface area contributed by atoms with Crippen LogP contribution in [-0.2, 0) is 9.53 Å². The van der Waals surface area contributed by atoms with E-state index in [0.29, 0.717) is 13.0 Å². The zero-order valence-electron chi connectivity index (χ0n) is 8.55. The van der Waals surface area contributed by atoms with Gasteiger partial charge in [-0.25, -0.2) is 0 Å². The molecule has 0 amide bonds. The number of unbranched alkanes of at least 4 members (excludes halogenated alkanes) is 4. The van der Waals surface area contributed by atoms with E-state index in [1.807, 2.05) is 0 Å². The van der Waals surface area contributed by atoms with Crippen LogP contribution in [0.2, 0.25) is 0 Å². The first-order valence-electron chi connectivity index (χ1n) is 5.07. The fourth-order valence-electron chi connectivity index (χ4n) is 1.07. The molecule has 0 radical (unpaired) electrons. The molecular formula is C11H20O2. The summed E-state index contributed by atoms with van der Waals surface area (Å²) in [5, 5.41) is 0. The third-order valence-electron chi connectivity index (χ3n) is 1.82. The van der Waals surface area contributed by atoms with Gasteiger partial charge < -0.3 is 4.74 Å². The number of ether oxygens (including phenoxy) is 1. The summed E-state index contributed by atoms with van der Waals surface area (Å²) in [4.78, 5) is 10.8. The van der Waals surface area contributed by atoms with Crippen LogP contribution in [-0.4, -0.2) is 12.6 Å². The number of hydrogen-bond acceptors (Lipinski definition) is 2. The van der Waals surface area contributed by atoms with Gasteiger partial charge in [-0.1, -0.05) is 38.7 Å². The third-order valence-corrected chi connectivity index (χ3v) is 1.82. The number of hydrogen-bond donors (Lipinski definition) is 0. The molecule has 0 saturated heterocycles. The minimum absolute atomic E-state index is 0.162. The molecule has 0 atom stereocenters. The van der Waals surface area contributed by atoms with Crippen molar-refractivity contribution >= 4 is 5.97 Å². The van der Waals surface area contributed by atoms with Crippen molar-refractivity contribution in [2.24, 2.45) is 0 Å². The van der Waals surface area contributed by atoms with Crippen LogP contribution < -0.4 is 0 Å². The van der Waals surface area contributed by atoms with Crippen LogP contribution in [0.1, 0.15) is 45.4 Å². The fourth-order valence-corrected chi connectivity index (χ4v) is 1.07. The third kappa shape index (κ3) is 9.12. The zero-order valence-corrected chi connectivity index (χ0v) is 8.55. The minimum atomic E-state index is -0.162. The Kier molecular flexibility index (Phi) is 8.73. The van der Waals surface area contributed by atoms with E-state index in [1.165, 1.54) is 19.3 Å². The van der Waals surface area contributed by atoms with Crippen molar-refractivity contribution in [3.8, 4) is 0 Å². The summed E-state index contributed by atoms with van der Waals surface area (Å²) >= 11 is 0. The van der Waals surface area contributed by atoms with E-state index in [9.17, 15) is 4.79 Å². The van der Waals surface area contributed by atoms with Crippen molar-refractivity contribution in [1.29, 1.82) is 0 Å². The van der Waals surface area contributed by atoms with Gasteiger partial charge >= 0.3 is 5.97 Å². The van der Waals surface area contributed by atoms with Gasteiger partial charge in [-0.2, -0.15) is 0 Å². The summed E-state index contributed by atoms with van der Waals surface area (Å²) in [5.41, 5.74) is 0. The van der Waals surface area contributed by atoms with Crippen molar-refractivity contribution in [2.75, 3.05) is 6.61 Å². The molecule has 0 aromatic carbocycles. The van der Waals surface area contributed by atoms with E-state index >= 15 is 0 Å². The first-order valence-corrected chi connectivity index (χ1v) is 5.07. The number of rotatable bonds is 8. The van der Waals surface area contributed by atoms with E-state index in [4.69, 9.17) is 4.74 Å². The Hall–Kier alpha value is -0.790. The van der Waals surface area contributed by atoms with Crippen LogP contribution in [0.3, 0.4) is 0 Å². The highest BCUT2D eigenvalue weighted by molar-refractivity contribution is 5.70. The lowest BCUT2D eigenvalue weighted by molar-refractivity contribution is -0.142. The van der Waals surface area contributed by atoms with Gasteiger partial charge in [0.1, 0.15) is 0 Å². The van der Waals surface area contributed by atoms with Gasteiger partial charge in [0, 0.05) is 0 Å². The Morgan fingerprint density at radius 3 is 2.62 bits per heavy atom. The van der Waals surface area contributed by atoms with Gasteiger partial charge in [-0.15, -0.1) is 6.58 Å². The van der Waals surface area contributed by atoms with Crippen LogP contribution >= 0.6 is 0 Å². The van der Waals surface area contributed by atoms with Crippen molar-refractivity contribution in [3.05, 3.63) is 12.7 Å². The maximum Gasteiger partial charge on any atom is 0.309 e. The molecule has 0 aliphatic rings. The van der Waals surface area contributed by atoms with Crippen LogP contribution in [0.15, 0.2) is 12.7 Å². The predicted octanol–water partition coefficient (Wildman–Crippen LogP) is 3.08. The van der Waals surface area contributed by atoms with Gasteiger partial charge in [0.2, 0.25) is 0 Å². The maximum absolute atomic E-state index is 10.8. The molecule has 0 heterocycles. The van der Waals surface area contributed by atoms with Crippen molar-refractivity contribution in [3.63, 3.8) is 0 Å². The Morgan fingerprint density at radius 1 is 1.31 bits per heavy atom. The number of carbonyl (C=O) groups is 1. The molecular weight excluding hydrogens is 164 g/mol. The maximum atomic E-state index is 10.8. The Balaban J connectivity index is 3.06. The molecule has 76 valence electrons. The van der Waals surface area contributed by atoms with E-state index in [0.717, 1.165) is 12.8 Å². The molecule has 0 aliphatic carbocycles. The van der Waals surface area contributed by atoms with Gasteiger partial charge in [0.25, 0.3) is 0 Å². The summed E-state index contributed by atoms with van der Waals surface area (Å²) in [6.07, 6.45) is 7.82. The van der Waals surface area contributed by atoms with E-state index in [2.05, 4.69) is 13.5 Å². The van der Waals surface area contributed by atoms with Gasteiger partial charge in [0.15, 0.2) is 0 Å². The Bertz CT molecular complexity index is 141. The normalized spacial score (nSPS) is 9.62. The summed E-state index contributed by atoms with van der Waals surface area (Å²) < 4.78 is 4.95. The molecule has 0 rings (SSSR count). The van der Waals surface area contributed by atoms with Crippen LogP contribution in [0.25, 0.3) is 0 Å². The topological polar surface area (TPSA) is 26.3 Å². The fraction of sp³-hybridized carbons (Fsp3) is 0.727. The molecule has 2 heteroatoms. The standard InChI is InChI=1S/C11H20O2/c1-3-5-6-7-8-10-13-11(12)9-4-2/h4H,2-3,5-10H2,1H3. The van der Waals surface area contributed by atoms with Gasteiger partial charge in [-0.3, -0.25) is 4.79 Å². The molecule has 13 heavy (non-hydrogen) atoms. The highest BCUT2D eigenvalue weighted by atomic mass is 16.5. The van der Waals surface area contributed by atoms with E-state index in [-0.39, 0.29) is 5.97 Å². The molecule has 0 fully saturated rings. The molecule has 0 aromatic rings. The number of esters is 1. The smallest absolute Gasteiger partial charge is 0.309 e. The first kappa shape index (κ1) is 12.2. The summed E-state index contributed by atoms with van der Waals surface area (Å²) in [6.45, 7) is 6.22. The van der Waals surface area contributed by atoms with E-state index in [1.54, 1.807) is 6.08 Å². The van der Waals surface area contributed by atoms with Gasteiger partial charge in [-0.05, 0) is 6.42 Å². The molecule has 0 aliphatic heterocycles. The summed E-state index contributed by atoms with van der Waals surface area (Å²) in [5.74, 6) is -0.162. The van der Waals surface area contributed by atoms with E-state index < -0.39 is 0 Å². The lowest BCUT2D eigenvalue weighted by Gasteiger charge is -2.02. The second-order valence-corrected chi connectivity index (χ2v) is 3.13. The largest absolute Gasteiger partial charge is 0.465 e. The lowest BCUT2D eigenvalue weighted by atomic mass is 10.2. The SMILES string of the molecule is C=CCC(=O)OCCCCCCC.